The van der Waals surface area contributed by atoms with Gasteiger partial charge in [-0.25, -0.2) is 18.2 Å². The number of likely N-dealkylation sites (tertiary alicyclic amines) is 1. The van der Waals surface area contributed by atoms with E-state index in [1.807, 2.05) is 11.6 Å². The molecule has 1 aromatic rings. The summed E-state index contributed by atoms with van der Waals surface area (Å²) in [6.07, 6.45) is -2.27. The number of carboxylic acids is 1. The number of ether oxygens (including phenoxy) is 1. The van der Waals surface area contributed by atoms with Crippen molar-refractivity contribution < 1.29 is 36.2 Å². The second kappa shape index (κ2) is 9.69. The molecule has 1 N–H and O–H groups in total. The first-order valence-corrected chi connectivity index (χ1v) is 11.4. The minimum atomic E-state index is -5.08. The van der Waals surface area contributed by atoms with Crippen LogP contribution in [0.2, 0.25) is 0 Å². The van der Waals surface area contributed by atoms with Gasteiger partial charge in [-0.1, -0.05) is 0 Å². The number of halogens is 3. The van der Waals surface area contributed by atoms with Gasteiger partial charge in [0.1, 0.15) is 5.01 Å². The molecule has 0 aromatic carbocycles. The van der Waals surface area contributed by atoms with E-state index in [1.54, 1.807) is 22.6 Å². The molecule has 29 heavy (non-hydrogen) atoms. The van der Waals surface area contributed by atoms with Crippen LogP contribution in [0, 0.1) is 5.41 Å². The molecule has 3 rings (SSSR count). The van der Waals surface area contributed by atoms with Crippen molar-refractivity contribution in [1.82, 2.24) is 14.2 Å². The molecule has 2 fully saturated rings. The highest BCUT2D eigenvalue weighted by Gasteiger charge is 2.43. The lowest BCUT2D eigenvalue weighted by atomic mass is 9.88. The molecule has 0 bridgehead atoms. The molecule has 166 valence electrons. The zero-order valence-corrected chi connectivity index (χ0v) is 17.5. The summed E-state index contributed by atoms with van der Waals surface area (Å²) in [6, 6.07) is 0. The maximum Gasteiger partial charge on any atom is 0.490 e. The fraction of sp³-hybridized carbons (Fsp3) is 0.750. The van der Waals surface area contributed by atoms with Crippen LogP contribution >= 0.6 is 11.3 Å². The smallest absolute Gasteiger partial charge is 0.475 e. The molecule has 1 spiro atoms. The lowest BCUT2D eigenvalue weighted by Crippen LogP contribution is -2.43. The minimum absolute atomic E-state index is 0.0734. The number of nitrogens with zero attached hydrogens (tertiary/aromatic N) is 3. The number of sulfonamides is 1. The van der Waals surface area contributed by atoms with Gasteiger partial charge in [0, 0.05) is 36.6 Å². The van der Waals surface area contributed by atoms with Crippen molar-refractivity contribution >= 4 is 27.3 Å². The highest BCUT2D eigenvalue weighted by Crippen LogP contribution is 2.35. The molecule has 2 aliphatic rings. The monoisotopic (exact) mass is 459 g/mol. The molecule has 2 aliphatic heterocycles. The van der Waals surface area contributed by atoms with E-state index in [-0.39, 0.29) is 11.2 Å². The van der Waals surface area contributed by atoms with E-state index in [9.17, 15) is 21.6 Å². The summed E-state index contributed by atoms with van der Waals surface area (Å²) in [4.78, 5) is 15.6. The lowest BCUT2D eigenvalue weighted by molar-refractivity contribution is -0.192. The maximum absolute atomic E-state index is 12.2. The Bertz CT molecular complexity index is 773. The predicted octanol–water partition coefficient (Wildman–Crippen LogP) is 1.65. The number of carbonyl (C=O) groups is 1. The van der Waals surface area contributed by atoms with Crippen LogP contribution in [0.5, 0.6) is 0 Å². The van der Waals surface area contributed by atoms with E-state index in [4.69, 9.17) is 14.6 Å². The number of rotatable bonds is 4. The van der Waals surface area contributed by atoms with Crippen molar-refractivity contribution in [2.75, 3.05) is 45.1 Å². The molecule has 1 atom stereocenters. The van der Waals surface area contributed by atoms with Crippen molar-refractivity contribution in [3.8, 4) is 0 Å². The Morgan fingerprint density at radius 2 is 2.07 bits per heavy atom. The number of thiazole rings is 1. The molecule has 0 saturated carbocycles. The number of hydrogen-bond acceptors (Lipinski definition) is 7. The second-order valence-electron chi connectivity index (χ2n) is 6.98. The Labute approximate surface area is 171 Å². The molecule has 2 saturated heterocycles. The fourth-order valence-corrected chi connectivity index (χ4v) is 5.15. The van der Waals surface area contributed by atoms with Gasteiger partial charge in [-0.05, 0) is 19.9 Å². The first-order valence-electron chi connectivity index (χ1n) is 8.94. The van der Waals surface area contributed by atoms with Gasteiger partial charge in [-0.2, -0.15) is 17.5 Å². The Hall–Kier alpha value is -1.28. The third-order valence-corrected chi connectivity index (χ3v) is 7.36. The summed E-state index contributed by atoms with van der Waals surface area (Å²) in [7, 11) is -3.15. The van der Waals surface area contributed by atoms with Crippen LogP contribution in [0.3, 0.4) is 0 Å². The van der Waals surface area contributed by atoms with E-state index in [2.05, 4.69) is 9.88 Å². The molecule has 0 amide bonds. The van der Waals surface area contributed by atoms with E-state index in [0.29, 0.717) is 26.3 Å². The summed E-state index contributed by atoms with van der Waals surface area (Å²) in [5, 5.41) is 10.2. The molecule has 13 heteroatoms. The quantitative estimate of drug-likeness (QED) is 0.731. The van der Waals surface area contributed by atoms with E-state index in [0.717, 1.165) is 31.1 Å². The normalized spacial score (nSPS) is 24.1. The van der Waals surface area contributed by atoms with Crippen LogP contribution in [0.1, 0.15) is 18.4 Å². The maximum atomic E-state index is 12.2. The molecule has 1 aromatic heterocycles. The van der Waals surface area contributed by atoms with Crippen molar-refractivity contribution in [2.24, 2.45) is 5.41 Å². The average Bonchev–Trinajstić information content (AvgIpc) is 3.22. The van der Waals surface area contributed by atoms with E-state index >= 15 is 0 Å². The third kappa shape index (κ3) is 6.88. The van der Waals surface area contributed by atoms with Gasteiger partial charge < -0.3 is 9.84 Å². The Morgan fingerprint density at radius 3 is 2.62 bits per heavy atom. The zero-order valence-electron chi connectivity index (χ0n) is 15.9. The highest BCUT2D eigenvalue weighted by atomic mass is 32.2. The van der Waals surface area contributed by atoms with Gasteiger partial charge >= 0.3 is 12.1 Å². The predicted molar refractivity (Wildman–Crippen MR) is 100.0 cm³/mol. The second-order valence-corrected chi connectivity index (χ2v) is 10.2. The van der Waals surface area contributed by atoms with Crippen LogP contribution < -0.4 is 0 Å². The lowest BCUT2D eigenvalue weighted by Gasteiger charge is -2.31. The molecule has 0 radical (unpaired) electrons. The van der Waals surface area contributed by atoms with Crippen LogP contribution in [-0.4, -0.2) is 85.0 Å². The summed E-state index contributed by atoms with van der Waals surface area (Å²) in [5.41, 5.74) is -0.0734. The first kappa shape index (κ1) is 24.0. The van der Waals surface area contributed by atoms with Crippen LogP contribution in [0.15, 0.2) is 11.6 Å². The molecule has 8 nitrogen and oxygen atoms in total. The molecular weight excluding hydrogens is 435 g/mol. The van der Waals surface area contributed by atoms with E-state index in [1.165, 1.54) is 0 Å². The summed E-state index contributed by atoms with van der Waals surface area (Å²) < 4.78 is 63.6. The van der Waals surface area contributed by atoms with Crippen LogP contribution in [0.4, 0.5) is 13.2 Å². The number of aliphatic carboxylic acids is 1. The van der Waals surface area contributed by atoms with E-state index < -0.39 is 22.2 Å². The SMILES string of the molecule is CCS(=O)(=O)N1CCOCC2(CCN(Cc3nccs3)C2)C1.O=C(O)C(F)(F)F. The van der Waals surface area contributed by atoms with Gasteiger partial charge in [0.05, 0.1) is 25.5 Å². The van der Waals surface area contributed by atoms with Crippen molar-refractivity contribution in [2.45, 2.75) is 26.1 Å². The largest absolute Gasteiger partial charge is 0.490 e. The number of aromatic nitrogens is 1. The number of carboxylic acid groups (broad SMARTS) is 1. The molecular formula is C16H24F3N3O5S2. The average molecular weight is 460 g/mol. The van der Waals surface area contributed by atoms with Crippen molar-refractivity contribution in [3.63, 3.8) is 0 Å². The zero-order chi connectivity index (χ0) is 21.7. The third-order valence-electron chi connectivity index (χ3n) is 4.77. The van der Waals surface area contributed by atoms with Gasteiger partial charge in [-0.3, -0.25) is 4.90 Å². The standard InChI is InChI=1S/C14H23N3O3S2.C2HF3O2/c1-2-22(18,19)17-6-7-20-12-14(11-17)3-5-16(10-14)9-13-15-4-8-21-13;3-2(4,5)1(6)7/h4,8H,2-3,5-7,9-12H2,1H3;(H,6,7). The molecule has 3 heterocycles. The number of alkyl halides is 3. The van der Waals surface area contributed by atoms with Gasteiger partial charge in [0.25, 0.3) is 0 Å². The topological polar surface area (TPSA) is 100 Å². The first-order chi connectivity index (χ1) is 13.5. The van der Waals surface area contributed by atoms with Gasteiger partial charge in [0.15, 0.2) is 0 Å². The summed E-state index contributed by atoms with van der Waals surface area (Å²) >= 11 is 1.67. The van der Waals surface area contributed by atoms with Crippen molar-refractivity contribution in [1.29, 1.82) is 0 Å². The highest BCUT2D eigenvalue weighted by molar-refractivity contribution is 7.89. The Morgan fingerprint density at radius 1 is 1.38 bits per heavy atom. The Balaban J connectivity index is 0.000000370. The molecule has 1 unspecified atom stereocenters. The van der Waals surface area contributed by atoms with Gasteiger partial charge in [0.2, 0.25) is 10.0 Å². The van der Waals surface area contributed by atoms with Crippen molar-refractivity contribution in [3.05, 3.63) is 16.6 Å². The number of hydrogen-bond donors (Lipinski definition) is 1. The van der Waals surface area contributed by atoms with Gasteiger partial charge in [-0.15, -0.1) is 11.3 Å². The fourth-order valence-electron chi connectivity index (χ4n) is 3.31. The summed E-state index contributed by atoms with van der Waals surface area (Å²) in [6.45, 7) is 6.61. The molecule has 0 aliphatic carbocycles. The summed E-state index contributed by atoms with van der Waals surface area (Å²) in [5.74, 6) is -2.60. The minimum Gasteiger partial charge on any atom is -0.475 e. The van der Waals surface area contributed by atoms with Crippen LogP contribution in [0.25, 0.3) is 0 Å². The Kier molecular flexibility index (Phi) is 8.01. The van der Waals surface area contributed by atoms with Crippen LogP contribution in [-0.2, 0) is 26.1 Å².